The third kappa shape index (κ3) is 2.90. The standard InChI is InChI=1S/C14H12ClN3O3/c15-13-7-9(18(19)20)8-14(17-13)16-11-5-6-21-12-4-2-1-3-10(11)12/h1-4,7-8,11H,5-6H2,(H,16,17). The number of ether oxygens (including phenoxy) is 1. The van der Waals surface area contributed by atoms with Crippen molar-refractivity contribution in [3.8, 4) is 5.75 Å². The molecule has 1 unspecified atom stereocenters. The van der Waals surface area contributed by atoms with E-state index < -0.39 is 4.92 Å². The maximum absolute atomic E-state index is 10.9. The van der Waals surface area contributed by atoms with Crippen LogP contribution in [0.3, 0.4) is 0 Å². The first kappa shape index (κ1) is 13.6. The Labute approximate surface area is 125 Å². The second-order valence-corrected chi connectivity index (χ2v) is 5.05. The van der Waals surface area contributed by atoms with E-state index in [-0.39, 0.29) is 16.9 Å². The van der Waals surface area contributed by atoms with Crippen molar-refractivity contribution in [1.82, 2.24) is 4.98 Å². The van der Waals surface area contributed by atoms with Crippen molar-refractivity contribution in [2.45, 2.75) is 12.5 Å². The summed E-state index contributed by atoms with van der Waals surface area (Å²) in [6.45, 7) is 0.581. The molecule has 21 heavy (non-hydrogen) atoms. The number of anilines is 1. The molecule has 0 radical (unpaired) electrons. The van der Waals surface area contributed by atoms with Gasteiger partial charge in [0.25, 0.3) is 5.69 Å². The van der Waals surface area contributed by atoms with Crippen molar-refractivity contribution >= 4 is 23.1 Å². The number of hydrogen-bond acceptors (Lipinski definition) is 5. The maximum Gasteiger partial charge on any atom is 0.276 e. The number of para-hydroxylation sites is 1. The molecule has 0 fully saturated rings. The summed E-state index contributed by atoms with van der Waals surface area (Å²) in [7, 11) is 0. The quantitative estimate of drug-likeness (QED) is 0.533. The zero-order valence-electron chi connectivity index (χ0n) is 11.0. The Kier molecular flexibility index (Phi) is 3.62. The molecule has 0 spiro atoms. The average molecular weight is 306 g/mol. The minimum Gasteiger partial charge on any atom is -0.493 e. The summed E-state index contributed by atoms with van der Waals surface area (Å²) in [5.41, 5.74) is 0.922. The number of pyridine rings is 1. The molecule has 1 aromatic carbocycles. The van der Waals surface area contributed by atoms with Crippen LogP contribution >= 0.6 is 11.6 Å². The van der Waals surface area contributed by atoms with E-state index in [0.29, 0.717) is 12.4 Å². The lowest BCUT2D eigenvalue weighted by molar-refractivity contribution is -0.384. The van der Waals surface area contributed by atoms with Crippen LogP contribution in [0.4, 0.5) is 11.5 Å². The summed E-state index contributed by atoms with van der Waals surface area (Å²) < 4.78 is 5.58. The van der Waals surface area contributed by atoms with Crippen LogP contribution < -0.4 is 10.1 Å². The second kappa shape index (κ2) is 5.57. The molecule has 3 rings (SSSR count). The highest BCUT2D eigenvalue weighted by atomic mass is 35.5. The molecule has 0 bridgehead atoms. The third-order valence-corrected chi connectivity index (χ3v) is 3.46. The molecule has 1 N–H and O–H groups in total. The van der Waals surface area contributed by atoms with Crippen LogP contribution in [0.2, 0.25) is 5.15 Å². The predicted octanol–water partition coefficient (Wildman–Crippen LogP) is 3.58. The van der Waals surface area contributed by atoms with Crippen LogP contribution in [0.1, 0.15) is 18.0 Å². The number of halogens is 1. The zero-order chi connectivity index (χ0) is 14.8. The lowest BCUT2D eigenvalue weighted by Gasteiger charge is -2.26. The van der Waals surface area contributed by atoms with E-state index in [2.05, 4.69) is 10.3 Å². The number of hydrogen-bond donors (Lipinski definition) is 1. The highest BCUT2D eigenvalue weighted by Gasteiger charge is 2.22. The molecule has 0 saturated carbocycles. The number of fused-ring (bicyclic) bond motifs is 1. The van der Waals surface area contributed by atoms with Gasteiger partial charge < -0.3 is 10.1 Å². The fraction of sp³-hybridized carbons (Fsp3) is 0.214. The van der Waals surface area contributed by atoms with E-state index in [4.69, 9.17) is 16.3 Å². The van der Waals surface area contributed by atoms with Crippen LogP contribution in [0.25, 0.3) is 0 Å². The first-order valence-corrected chi connectivity index (χ1v) is 6.81. The van der Waals surface area contributed by atoms with Gasteiger partial charge in [-0.2, -0.15) is 0 Å². The highest BCUT2D eigenvalue weighted by Crippen LogP contribution is 2.34. The van der Waals surface area contributed by atoms with Crippen molar-refractivity contribution in [2.75, 3.05) is 11.9 Å². The number of benzene rings is 1. The number of rotatable bonds is 3. The average Bonchev–Trinajstić information content (AvgIpc) is 2.47. The fourth-order valence-electron chi connectivity index (χ4n) is 2.33. The molecule has 2 heterocycles. The Morgan fingerprint density at radius 1 is 1.38 bits per heavy atom. The van der Waals surface area contributed by atoms with Crippen molar-refractivity contribution in [2.24, 2.45) is 0 Å². The second-order valence-electron chi connectivity index (χ2n) is 4.66. The van der Waals surface area contributed by atoms with Gasteiger partial charge in [-0.15, -0.1) is 0 Å². The van der Waals surface area contributed by atoms with Gasteiger partial charge in [-0.3, -0.25) is 10.1 Å². The van der Waals surface area contributed by atoms with Crippen molar-refractivity contribution in [3.05, 3.63) is 57.2 Å². The maximum atomic E-state index is 10.9. The van der Waals surface area contributed by atoms with Gasteiger partial charge in [0, 0.05) is 12.0 Å². The monoisotopic (exact) mass is 305 g/mol. The summed E-state index contributed by atoms with van der Waals surface area (Å²) in [6.07, 6.45) is 0.749. The molecule has 1 atom stereocenters. The number of nitro groups is 1. The normalized spacial score (nSPS) is 16.7. The van der Waals surface area contributed by atoms with Crippen LogP contribution in [-0.2, 0) is 0 Å². The Hall–Kier alpha value is -2.34. The Balaban J connectivity index is 1.90. The van der Waals surface area contributed by atoms with Gasteiger partial charge in [0.15, 0.2) is 0 Å². The molecule has 1 aromatic heterocycles. The lowest BCUT2D eigenvalue weighted by atomic mass is 10.0. The van der Waals surface area contributed by atoms with E-state index >= 15 is 0 Å². The lowest BCUT2D eigenvalue weighted by Crippen LogP contribution is -2.20. The summed E-state index contributed by atoms with van der Waals surface area (Å²) in [4.78, 5) is 14.5. The van der Waals surface area contributed by atoms with Crippen molar-refractivity contribution < 1.29 is 9.66 Å². The molecule has 6 nitrogen and oxygen atoms in total. The first-order chi connectivity index (χ1) is 10.1. The molecular formula is C14H12ClN3O3. The molecular weight excluding hydrogens is 294 g/mol. The van der Waals surface area contributed by atoms with Crippen molar-refractivity contribution in [3.63, 3.8) is 0 Å². The number of nitrogens with one attached hydrogen (secondary N) is 1. The van der Waals surface area contributed by atoms with E-state index in [1.54, 1.807) is 0 Å². The first-order valence-electron chi connectivity index (χ1n) is 6.44. The van der Waals surface area contributed by atoms with Gasteiger partial charge in [-0.25, -0.2) is 4.98 Å². The molecule has 7 heteroatoms. The molecule has 108 valence electrons. The van der Waals surface area contributed by atoms with Crippen molar-refractivity contribution in [1.29, 1.82) is 0 Å². The van der Waals surface area contributed by atoms with Gasteiger partial charge in [-0.1, -0.05) is 29.8 Å². The number of aromatic nitrogens is 1. The van der Waals surface area contributed by atoms with Crippen LogP contribution in [0, 0.1) is 10.1 Å². The molecule has 0 aliphatic carbocycles. The molecule has 0 saturated heterocycles. The molecule has 2 aromatic rings. The van der Waals surface area contributed by atoms with E-state index in [9.17, 15) is 10.1 Å². The van der Waals surface area contributed by atoms with Crippen LogP contribution in [0.5, 0.6) is 5.75 Å². The number of nitrogens with zero attached hydrogens (tertiary/aromatic N) is 2. The largest absolute Gasteiger partial charge is 0.493 e. The summed E-state index contributed by atoms with van der Waals surface area (Å²) in [5, 5.41) is 14.2. The SMILES string of the molecule is O=[N+]([O-])c1cc(Cl)nc(NC2CCOc3ccccc32)c1. The molecule has 1 aliphatic rings. The Bertz CT molecular complexity index is 693. The molecule has 1 aliphatic heterocycles. The fourth-order valence-corrected chi connectivity index (χ4v) is 2.54. The van der Waals surface area contributed by atoms with E-state index in [1.807, 2.05) is 24.3 Å². The minimum absolute atomic E-state index is 0.0134. The zero-order valence-corrected chi connectivity index (χ0v) is 11.7. The van der Waals surface area contributed by atoms with Gasteiger partial charge in [-0.05, 0) is 6.07 Å². The third-order valence-electron chi connectivity index (χ3n) is 3.27. The molecule has 0 amide bonds. The summed E-state index contributed by atoms with van der Waals surface area (Å²) in [5.74, 6) is 1.20. The Morgan fingerprint density at radius 2 is 2.19 bits per heavy atom. The van der Waals surface area contributed by atoms with E-state index in [0.717, 1.165) is 17.7 Å². The Morgan fingerprint density at radius 3 is 3.00 bits per heavy atom. The van der Waals surface area contributed by atoms with Crippen LogP contribution in [0.15, 0.2) is 36.4 Å². The topological polar surface area (TPSA) is 77.3 Å². The van der Waals surface area contributed by atoms with E-state index in [1.165, 1.54) is 12.1 Å². The smallest absolute Gasteiger partial charge is 0.276 e. The van der Waals surface area contributed by atoms with Gasteiger partial charge in [0.1, 0.15) is 16.7 Å². The van der Waals surface area contributed by atoms with Gasteiger partial charge >= 0.3 is 0 Å². The summed E-state index contributed by atoms with van der Waals surface area (Å²) >= 11 is 5.83. The minimum atomic E-state index is -0.489. The summed E-state index contributed by atoms with van der Waals surface area (Å²) in [6, 6.07) is 10.3. The van der Waals surface area contributed by atoms with Gasteiger partial charge in [0.05, 0.1) is 29.7 Å². The van der Waals surface area contributed by atoms with Gasteiger partial charge in [0.2, 0.25) is 0 Å². The van der Waals surface area contributed by atoms with Crippen LogP contribution in [-0.4, -0.2) is 16.5 Å². The predicted molar refractivity (Wildman–Crippen MR) is 78.8 cm³/mol. The highest BCUT2D eigenvalue weighted by molar-refractivity contribution is 6.29.